The number of nitriles is 1. The molecule has 1 nitrogen and oxygen atoms in total. The van der Waals surface area contributed by atoms with Crippen molar-refractivity contribution < 1.29 is 0 Å². The van der Waals surface area contributed by atoms with Gasteiger partial charge >= 0.3 is 0 Å². The van der Waals surface area contributed by atoms with Crippen molar-refractivity contribution in [1.29, 1.82) is 5.26 Å². The Morgan fingerprint density at radius 3 is 2.08 bits per heavy atom. The minimum Gasteiger partial charge on any atom is -0.198 e. The number of hydrogen-bond acceptors (Lipinski definition) is 1. The van der Waals surface area contributed by atoms with Crippen LogP contribution in [0.3, 0.4) is 0 Å². The SMILES string of the molecule is C=CCC(C#N)(CCC)CCC. The van der Waals surface area contributed by atoms with Crippen molar-refractivity contribution >= 4 is 0 Å². The van der Waals surface area contributed by atoms with E-state index in [1.54, 1.807) is 0 Å². The van der Waals surface area contributed by atoms with Crippen LogP contribution in [0, 0.1) is 16.7 Å². The van der Waals surface area contributed by atoms with Crippen LogP contribution in [0.25, 0.3) is 0 Å². The Morgan fingerprint density at radius 2 is 1.83 bits per heavy atom. The molecule has 0 saturated heterocycles. The summed E-state index contributed by atoms with van der Waals surface area (Å²) in [5, 5.41) is 9.07. The average molecular weight is 165 g/mol. The third kappa shape index (κ3) is 3.09. The molecule has 0 spiro atoms. The Balaban J connectivity index is 4.29. The fraction of sp³-hybridized carbons (Fsp3) is 0.727. The van der Waals surface area contributed by atoms with Gasteiger partial charge in [0, 0.05) is 0 Å². The maximum atomic E-state index is 9.07. The highest BCUT2D eigenvalue weighted by Gasteiger charge is 2.25. The second kappa shape index (κ2) is 5.83. The highest BCUT2D eigenvalue weighted by molar-refractivity contribution is 5.01. The second-order valence-corrected chi connectivity index (χ2v) is 3.38. The third-order valence-electron chi connectivity index (χ3n) is 2.23. The molecule has 0 aliphatic heterocycles. The van der Waals surface area contributed by atoms with Gasteiger partial charge in [0.2, 0.25) is 0 Å². The lowest BCUT2D eigenvalue weighted by Crippen LogP contribution is -2.16. The normalized spacial score (nSPS) is 10.8. The summed E-state index contributed by atoms with van der Waals surface area (Å²) < 4.78 is 0. The number of hydrogen-bond donors (Lipinski definition) is 0. The zero-order valence-electron chi connectivity index (χ0n) is 8.27. The van der Waals surface area contributed by atoms with Crippen molar-refractivity contribution in [2.45, 2.75) is 46.0 Å². The molecule has 12 heavy (non-hydrogen) atoms. The molecule has 0 radical (unpaired) electrons. The van der Waals surface area contributed by atoms with Crippen molar-refractivity contribution in [3.8, 4) is 6.07 Å². The van der Waals surface area contributed by atoms with Gasteiger partial charge < -0.3 is 0 Å². The first-order chi connectivity index (χ1) is 5.74. The fourth-order valence-corrected chi connectivity index (χ4v) is 1.72. The molecule has 0 atom stereocenters. The van der Waals surface area contributed by atoms with E-state index >= 15 is 0 Å². The molecular weight excluding hydrogens is 146 g/mol. The molecule has 0 bridgehead atoms. The summed E-state index contributed by atoms with van der Waals surface area (Å²) in [6.07, 6.45) is 6.88. The first kappa shape index (κ1) is 11.2. The largest absolute Gasteiger partial charge is 0.198 e. The van der Waals surface area contributed by atoms with Crippen LogP contribution in [0.1, 0.15) is 46.0 Å². The van der Waals surface area contributed by atoms with Gasteiger partial charge in [0.25, 0.3) is 0 Å². The molecule has 0 unspecified atom stereocenters. The first-order valence-electron chi connectivity index (χ1n) is 4.76. The predicted molar refractivity (Wildman–Crippen MR) is 52.7 cm³/mol. The van der Waals surface area contributed by atoms with Crippen molar-refractivity contribution in [2.24, 2.45) is 5.41 Å². The number of rotatable bonds is 6. The smallest absolute Gasteiger partial charge is 0.0693 e. The lowest BCUT2D eigenvalue weighted by molar-refractivity contribution is 0.331. The summed E-state index contributed by atoms with van der Waals surface area (Å²) in [5.74, 6) is 0. The number of allylic oxidation sites excluding steroid dienone is 1. The molecule has 0 saturated carbocycles. The van der Waals surface area contributed by atoms with Crippen LogP contribution in [-0.2, 0) is 0 Å². The summed E-state index contributed by atoms with van der Waals surface area (Å²) >= 11 is 0. The topological polar surface area (TPSA) is 23.8 Å². The Kier molecular flexibility index (Phi) is 5.45. The zero-order chi connectivity index (χ0) is 9.45. The van der Waals surface area contributed by atoms with Crippen molar-refractivity contribution in [3.05, 3.63) is 12.7 Å². The predicted octanol–water partition coefficient (Wildman–Crippen LogP) is 3.67. The fourth-order valence-electron chi connectivity index (χ4n) is 1.72. The Hall–Kier alpha value is -0.770. The van der Waals surface area contributed by atoms with Crippen LogP contribution in [0.15, 0.2) is 12.7 Å². The average Bonchev–Trinajstić information content (AvgIpc) is 2.06. The van der Waals surface area contributed by atoms with Crippen LogP contribution in [0.4, 0.5) is 0 Å². The van der Waals surface area contributed by atoms with E-state index in [1.807, 2.05) is 6.08 Å². The van der Waals surface area contributed by atoms with E-state index in [0.717, 1.165) is 32.1 Å². The van der Waals surface area contributed by atoms with E-state index in [9.17, 15) is 0 Å². The van der Waals surface area contributed by atoms with Crippen LogP contribution in [0.5, 0.6) is 0 Å². The summed E-state index contributed by atoms with van der Waals surface area (Å²) in [5.41, 5.74) is -0.120. The van der Waals surface area contributed by atoms with Gasteiger partial charge in [-0.3, -0.25) is 0 Å². The van der Waals surface area contributed by atoms with E-state index in [1.165, 1.54) is 0 Å². The van der Waals surface area contributed by atoms with Crippen molar-refractivity contribution in [1.82, 2.24) is 0 Å². The molecule has 0 aromatic carbocycles. The Labute approximate surface area is 76.1 Å². The minimum atomic E-state index is -0.120. The van der Waals surface area contributed by atoms with Gasteiger partial charge in [0.1, 0.15) is 0 Å². The summed E-state index contributed by atoms with van der Waals surface area (Å²) in [4.78, 5) is 0. The highest BCUT2D eigenvalue weighted by Crippen LogP contribution is 2.32. The molecule has 0 aromatic rings. The van der Waals surface area contributed by atoms with Gasteiger partial charge in [-0.2, -0.15) is 5.26 Å². The molecule has 0 N–H and O–H groups in total. The third-order valence-corrected chi connectivity index (χ3v) is 2.23. The lowest BCUT2D eigenvalue weighted by atomic mass is 9.78. The highest BCUT2D eigenvalue weighted by atomic mass is 14.4. The molecule has 0 heterocycles. The molecular formula is C11H19N. The first-order valence-corrected chi connectivity index (χ1v) is 4.76. The quantitative estimate of drug-likeness (QED) is 0.551. The van der Waals surface area contributed by atoms with Crippen molar-refractivity contribution in [2.75, 3.05) is 0 Å². The van der Waals surface area contributed by atoms with Gasteiger partial charge in [-0.25, -0.2) is 0 Å². The van der Waals surface area contributed by atoms with Gasteiger partial charge in [-0.1, -0.05) is 32.8 Å². The molecule has 0 amide bonds. The summed E-state index contributed by atoms with van der Waals surface area (Å²) in [6.45, 7) is 7.97. The monoisotopic (exact) mass is 165 g/mol. The molecule has 0 fully saturated rings. The van der Waals surface area contributed by atoms with E-state index < -0.39 is 0 Å². The molecule has 0 rings (SSSR count). The van der Waals surface area contributed by atoms with Crippen LogP contribution < -0.4 is 0 Å². The molecule has 0 aliphatic rings. The van der Waals surface area contributed by atoms with Gasteiger partial charge in [0.15, 0.2) is 0 Å². The standard InChI is InChI=1S/C11H19N/c1-4-7-11(10-12,8-5-2)9-6-3/h4H,1,5-9H2,2-3H3. The lowest BCUT2D eigenvalue weighted by Gasteiger charge is -2.23. The van der Waals surface area contributed by atoms with Gasteiger partial charge in [-0.15, -0.1) is 6.58 Å². The molecule has 0 aromatic heterocycles. The number of nitrogens with zero attached hydrogens (tertiary/aromatic N) is 1. The van der Waals surface area contributed by atoms with Crippen LogP contribution >= 0.6 is 0 Å². The molecule has 0 aliphatic carbocycles. The van der Waals surface area contributed by atoms with E-state index in [2.05, 4.69) is 26.5 Å². The zero-order valence-corrected chi connectivity index (χ0v) is 8.27. The van der Waals surface area contributed by atoms with Crippen LogP contribution in [-0.4, -0.2) is 0 Å². The van der Waals surface area contributed by atoms with Crippen LogP contribution in [0.2, 0.25) is 0 Å². The Bertz CT molecular complexity index is 158. The van der Waals surface area contributed by atoms with E-state index in [4.69, 9.17) is 5.26 Å². The molecule has 1 heteroatoms. The van der Waals surface area contributed by atoms with Crippen molar-refractivity contribution in [3.63, 3.8) is 0 Å². The Morgan fingerprint density at radius 1 is 1.33 bits per heavy atom. The molecule has 68 valence electrons. The maximum absolute atomic E-state index is 9.07. The summed E-state index contributed by atoms with van der Waals surface area (Å²) in [7, 11) is 0. The van der Waals surface area contributed by atoms with E-state index in [0.29, 0.717) is 0 Å². The van der Waals surface area contributed by atoms with Gasteiger partial charge in [0.05, 0.1) is 11.5 Å². The maximum Gasteiger partial charge on any atom is 0.0693 e. The second-order valence-electron chi connectivity index (χ2n) is 3.38. The minimum absolute atomic E-state index is 0.120. The van der Waals surface area contributed by atoms with Gasteiger partial charge in [-0.05, 0) is 19.3 Å². The van der Waals surface area contributed by atoms with E-state index in [-0.39, 0.29) is 5.41 Å². The summed E-state index contributed by atoms with van der Waals surface area (Å²) in [6, 6.07) is 2.45.